The second-order valence-electron chi connectivity index (χ2n) is 9.92. The van der Waals surface area contributed by atoms with Gasteiger partial charge in [-0.25, -0.2) is 4.98 Å². The fraction of sp³-hybridized carbons (Fsp3) is 0.0606. The predicted octanol–water partition coefficient (Wildman–Crippen LogP) is 8.26. The molecule has 0 atom stereocenters. The molecule has 45 heavy (non-hydrogen) atoms. The van der Waals surface area contributed by atoms with E-state index in [0.717, 1.165) is 45.4 Å². The summed E-state index contributed by atoms with van der Waals surface area (Å²) in [5, 5.41) is 18.3. The van der Waals surface area contributed by atoms with E-state index in [-0.39, 0.29) is 45.2 Å². The lowest BCUT2D eigenvalue weighted by atomic mass is 10.1. The summed E-state index contributed by atoms with van der Waals surface area (Å²) in [7, 11) is 0. The lowest BCUT2D eigenvalue weighted by molar-refractivity contribution is -0.385. The fourth-order valence-electron chi connectivity index (χ4n) is 4.93. The van der Waals surface area contributed by atoms with Crippen molar-refractivity contribution in [1.82, 2.24) is 9.66 Å². The highest BCUT2D eigenvalue weighted by atomic mass is 35.5. The van der Waals surface area contributed by atoms with Crippen molar-refractivity contribution in [2.24, 2.45) is 5.10 Å². The monoisotopic (exact) mass is 628 g/mol. The van der Waals surface area contributed by atoms with Gasteiger partial charge >= 0.3 is 11.9 Å². The largest absolute Gasteiger partial charge is 0.481 e. The number of rotatable bonds is 7. The van der Waals surface area contributed by atoms with Gasteiger partial charge in [0.25, 0.3) is 5.56 Å². The Hall–Kier alpha value is -5.55. The Morgan fingerprint density at radius 3 is 2.42 bits per heavy atom. The molecule has 0 N–H and O–H groups in total. The first-order valence-electron chi connectivity index (χ1n) is 13.4. The molecule has 0 fully saturated rings. The van der Waals surface area contributed by atoms with Gasteiger partial charge in [0.1, 0.15) is 6.61 Å². The quantitative estimate of drug-likeness (QED) is 0.101. The van der Waals surface area contributed by atoms with Crippen molar-refractivity contribution >= 4 is 45.2 Å². The Bertz CT molecular complexity index is 2190. The van der Waals surface area contributed by atoms with E-state index in [1.54, 1.807) is 18.2 Å². The van der Waals surface area contributed by atoms with Crippen LogP contribution in [0.1, 0.15) is 16.7 Å². The number of aromatic nitrogens is 2. The van der Waals surface area contributed by atoms with Crippen molar-refractivity contribution in [2.45, 2.75) is 12.8 Å². The van der Waals surface area contributed by atoms with Crippen LogP contribution >= 0.6 is 11.6 Å². The van der Waals surface area contributed by atoms with E-state index >= 15 is 0 Å². The van der Waals surface area contributed by atoms with Crippen LogP contribution in [-0.2, 0) is 12.8 Å². The van der Waals surface area contributed by atoms with Gasteiger partial charge in [-0.1, -0.05) is 78.3 Å². The topological polar surface area (TPSA) is 99.6 Å². The number of alkyl halides is 3. The molecule has 6 rings (SSSR count). The SMILES string of the molecule is O=c1c2ccccc2nc(-c2cccc(C(F)(F)F)c2)n1N=Cc1cc(Cl)cc([N+](=O)[O-])c1OCc1cccc2ccccc12. The van der Waals surface area contributed by atoms with Gasteiger partial charge < -0.3 is 4.74 Å². The summed E-state index contributed by atoms with van der Waals surface area (Å²) in [6.07, 6.45) is -3.51. The first-order valence-corrected chi connectivity index (χ1v) is 13.8. The van der Waals surface area contributed by atoms with E-state index in [1.165, 1.54) is 24.3 Å². The van der Waals surface area contributed by atoms with E-state index in [2.05, 4.69) is 10.1 Å². The fourth-order valence-corrected chi connectivity index (χ4v) is 5.15. The summed E-state index contributed by atoms with van der Waals surface area (Å²) in [6, 6.07) is 26.4. The predicted molar refractivity (Wildman–Crippen MR) is 166 cm³/mol. The normalized spacial score (nSPS) is 11.8. The maximum absolute atomic E-state index is 13.6. The lowest BCUT2D eigenvalue weighted by Gasteiger charge is -2.13. The molecule has 224 valence electrons. The Morgan fingerprint density at radius 2 is 1.64 bits per heavy atom. The molecule has 1 heterocycles. The van der Waals surface area contributed by atoms with Crippen LogP contribution in [0.3, 0.4) is 0 Å². The summed E-state index contributed by atoms with van der Waals surface area (Å²) in [5.41, 5.74) is -0.988. The molecule has 5 aromatic carbocycles. The second-order valence-corrected chi connectivity index (χ2v) is 10.4. The van der Waals surface area contributed by atoms with Crippen molar-refractivity contribution in [3.63, 3.8) is 0 Å². The zero-order chi connectivity index (χ0) is 31.7. The van der Waals surface area contributed by atoms with Gasteiger partial charge in [0.2, 0.25) is 5.75 Å². The molecule has 0 unspecified atom stereocenters. The third kappa shape index (κ3) is 5.98. The molecule has 0 spiro atoms. The van der Waals surface area contributed by atoms with E-state index < -0.39 is 27.9 Å². The van der Waals surface area contributed by atoms with E-state index in [1.807, 2.05) is 42.5 Å². The molecule has 0 amide bonds. The summed E-state index contributed by atoms with van der Waals surface area (Å²) >= 11 is 6.23. The van der Waals surface area contributed by atoms with Crippen LogP contribution in [0.15, 0.2) is 113 Å². The molecule has 1 aromatic heterocycles. The third-order valence-electron chi connectivity index (χ3n) is 7.03. The molecular formula is C33H20ClF3N4O4. The number of para-hydroxylation sites is 1. The Balaban J connectivity index is 1.49. The van der Waals surface area contributed by atoms with Crippen LogP contribution in [0.5, 0.6) is 5.75 Å². The van der Waals surface area contributed by atoms with Gasteiger partial charge in [-0.15, -0.1) is 0 Å². The van der Waals surface area contributed by atoms with Gasteiger partial charge in [-0.3, -0.25) is 14.9 Å². The van der Waals surface area contributed by atoms with E-state index in [4.69, 9.17) is 16.3 Å². The smallest absolute Gasteiger partial charge is 0.416 e. The second kappa shape index (κ2) is 11.9. The van der Waals surface area contributed by atoms with Crippen molar-refractivity contribution < 1.29 is 22.8 Å². The number of ether oxygens (including phenoxy) is 1. The zero-order valence-corrected chi connectivity index (χ0v) is 23.8. The number of nitro benzene ring substituents is 1. The third-order valence-corrected chi connectivity index (χ3v) is 7.24. The molecule has 0 bridgehead atoms. The number of nitro groups is 1. The van der Waals surface area contributed by atoms with Gasteiger partial charge in [0.05, 0.1) is 27.6 Å². The summed E-state index contributed by atoms with van der Waals surface area (Å²) < 4.78 is 47.5. The number of fused-ring (bicyclic) bond motifs is 2. The number of halogens is 4. The minimum Gasteiger partial charge on any atom is -0.481 e. The van der Waals surface area contributed by atoms with Crippen LogP contribution in [0.4, 0.5) is 18.9 Å². The van der Waals surface area contributed by atoms with Crippen LogP contribution in [0.2, 0.25) is 5.02 Å². The van der Waals surface area contributed by atoms with Crippen LogP contribution in [-0.4, -0.2) is 20.8 Å². The molecule has 12 heteroatoms. The Labute approximate surface area is 257 Å². The van der Waals surface area contributed by atoms with Crippen molar-refractivity contribution in [3.05, 3.63) is 145 Å². The lowest BCUT2D eigenvalue weighted by Crippen LogP contribution is -2.20. The average Bonchev–Trinajstić information content (AvgIpc) is 3.03. The molecule has 0 saturated carbocycles. The number of hydrogen-bond acceptors (Lipinski definition) is 6. The average molecular weight is 629 g/mol. The van der Waals surface area contributed by atoms with Crippen LogP contribution < -0.4 is 10.3 Å². The van der Waals surface area contributed by atoms with Gasteiger partial charge in [0.15, 0.2) is 5.82 Å². The molecule has 0 radical (unpaired) electrons. The molecule has 0 aliphatic rings. The van der Waals surface area contributed by atoms with Gasteiger partial charge in [0, 0.05) is 22.2 Å². The highest BCUT2D eigenvalue weighted by Crippen LogP contribution is 2.35. The molecule has 0 saturated heterocycles. The van der Waals surface area contributed by atoms with Crippen molar-refractivity contribution in [3.8, 4) is 17.1 Å². The van der Waals surface area contributed by atoms with Gasteiger partial charge in [-0.2, -0.15) is 22.9 Å². The van der Waals surface area contributed by atoms with Crippen LogP contribution in [0.25, 0.3) is 33.1 Å². The minimum absolute atomic E-state index is 0.00254. The number of hydrogen-bond donors (Lipinski definition) is 0. The van der Waals surface area contributed by atoms with Gasteiger partial charge in [-0.05, 0) is 46.7 Å². The highest BCUT2D eigenvalue weighted by Gasteiger charge is 2.31. The molecule has 6 aromatic rings. The standard InChI is InChI=1S/C33H20ClF3N4O4/c34-25-16-23(30(29(17-25)41(43)44)45-19-22-10-5-8-20-7-1-2-12-26(20)22)18-38-40-31(21-9-6-11-24(15-21)33(35,36)37)39-28-14-4-3-13-27(28)32(40)42/h1-18H,19H2. The number of nitrogens with zero attached hydrogens (tertiary/aromatic N) is 4. The molecular weight excluding hydrogens is 609 g/mol. The Morgan fingerprint density at radius 1 is 0.933 bits per heavy atom. The zero-order valence-electron chi connectivity index (χ0n) is 23.0. The number of benzene rings is 5. The first kappa shape index (κ1) is 29.5. The van der Waals surface area contributed by atoms with E-state index in [9.17, 15) is 28.1 Å². The molecule has 0 aliphatic carbocycles. The maximum atomic E-state index is 13.6. The molecule has 0 aliphatic heterocycles. The summed E-state index contributed by atoms with van der Waals surface area (Å²) in [6.45, 7) is -0.0440. The van der Waals surface area contributed by atoms with E-state index in [0.29, 0.717) is 0 Å². The Kier molecular flexibility index (Phi) is 7.78. The first-order chi connectivity index (χ1) is 21.6. The maximum Gasteiger partial charge on any atom is 0.416 e. The van der Waals surface area contributed by atoms with Crippen LogP contribution in [0, 0.1) is 10.1 Å². The van der Waals surface area contributed by atoms with Crippen molar-refractivity contribution in [1.29, 1.82) is 0 Å². The minimum atomic E-state index is -4.64. The molecule has 8 nitrogen and oxygen atoms in total. The summed E-state index contributed by atoms with van der Waals surface area (Å²) in [5.74, 6) is -0.334. The summed E-state index contributed by atoms with van der Waals surface area (Å²) in [4.78, 5) is 29.4. The van der Waals surface area contributed by atoms with Crippen molar-refractivity contribution in [2.75, 3.05) is 0 Å². The highest BCUT2D eigenvalue weighted by molar-refractivity contribution is 6.31.